The van der Waals surface area contributed by atoms with Gasteiger partial charge in [0.25, 0.3) is 10.0 Å². The van der Waals surface area contributed by atoms with Crippen LogP contribution in [0.4, 0.5) is 5.69 Å². The monoisotopic (exact) mass is 303 g/mol. The van der Waals surface area contributed by atoms with Crippen LogP contribution in [-0.4, -0.2) is 49.8 Å². The molecule has 0 aromatic carbocycles. The molecule has 108 valence electrons. The number of nitrogens with two attached hydrogens (primary N) is 1. The summed E-state index contributed by atoms with van der Waals surface area (Å²) in [4.78, 5) is 2.32. The molecule has 1 aromatic rings. The number of sulfonamides is 1. The first-order valence-corrected chi connectivity index (χ1v) is 8.89. The molecule has 1 aliphatic rings. The lowest BCUT2D eigenvalue weighted by Crippen LogP contribution is -2.38. The molecule has 1 aliphatic heterocycles. The largest absolute Gasteiger partial charge is 0.398 e. The van der Waals surface area contributed by atoms with Crippen LogP contribution < -0.4 is 5.73 Å². The summed E-state index contributed by atoms with van der Waals surface area (Å²) < 4.78 is 26.8. The van der Waals surface area contributed by atoms with E-state index in [1.165, 1.54) is 11.3 Å². The molecule has 5 nitrogen and oxygen atoms in total. The second-order valence-electron chi connectivity index (χ2n) is 4.73. The van der Waals surface area contributed by atoms with Gasteiger partial charge in [-0.25, -0.2) is 8.42 Å². The molecule has 0 bridgehead atoms. The van der Waals surface area contributed by atoms with Gasteiger partial charge in [0.05, 0.1) is 0 Å². The van der Waals surface area contributed by atoms with Crippen molar-refractivity contribution in [3.63, 3.8) is 0 Å². The van der Waals surface area contributed by atoms with E-state index >= 15 is 0 Å². The molecule has 1 saturated heterocycles. The molecule has 7 heteroatoms. The standard InChI is InChI=1S/C12H21N3O2S2/c1-3-14(4-2)11-5-6-15(8-11)19(16,17)12-7-10(13)9-18-12/h7,9,11H,3-6,8,13H2,1-2H3. The van der Waals surface area contributed by atoms with Crippen molar-refractivity contribution in [1.82, 2.24) is 9.21 Å². The van der Waals surface area contributed by atoms with E-state index in [-0.39, 0.29) is 0 Å². The van der Waals surface area contributed by atoms with Crippen molar-refractivity contribution in [3.05, 3.63) is 11.4 Å². The van der Waals surface area contributed by atoms with Crippen LogP contribution >= 0.6 is 11.3 Å². The van der Waals surface area contributed by atoms with Gasteiger partial charge in [-0.2, -0.15) is 4.31 Å². The third-order valence-corrected chi connectivity index (χ3v) is 6.94. The zero-order chi connectivity index (χ0) is 14.0. The summed E-state index contributed by atoms with van der Waals surface area (Å²) >= 11 is 1.20. The fraction of sp³-hybridized carbons (Fsp3) is 0.667. The molecule has 0 amide bonds. The number of rotatable bonds is 5. The van der Waals surface area contributed by atoms with E-state index < -0.39 is 10.0 Å². The highest BCUT2D eigenvalue weighted by molar-refractivity contribution is 7.91. The Morgan fingerprint density at radius 1 is 1.47 bits per heavy atom. The number of anilines is 1. The van der Waals surface area contributed by atoms with E-state index in [0.29, 0.717) is 29.0 Å². The highest BCUT2D eigenvalue weighted by Gasteiger charge is 2.35. The van der Waals surface area contributed by atoms with Crippen molar-refractivity contribution in [1.29, 1.82) is 0 Å². The summed E-state index contributed by atoms with van der Waals surface area (Å²) in [6, 6.07) is 1.88. The van der Waals surface area contributed by atoms with E-state index in [1.807, 2.05) is 0 Å². The van der Waals surface area contributed by atoms with Crippen LogP contribution in [0.2, 0.25) is 0 Å². The first kappa shape index (κ1) is 14.8. The van der Waals surface area contributed by atoms with Gasteiger partial charge in [0.2, 0.25) is 0 Å². The van der Waals surface area contributed by atoms with Gasteiger partial charge in [-0.1, -0.05) is 13.8 Å². The van der Waals surface area contributed by atoms with Gasteiger partial charge in [0.15, 0.2) is 0 Å². The second-order valence-corrected chi connectivity index (χ2v) is 7.80. The Balaban J connectivity index is 2.12. The zero-order valence-electron chi connectivity index (χ0n) is 11.4. The van der Waals surface area contributed by atoms with Crippen LogP contribution in [0.15, 0.2) is 15.7 Å². The van der Waals surface area contributed by atoms with Gasteiger partial charge in [0.1, 0.15) is 4.21 Å². The van der Waals surface area contributed by atoms with Crippen LogP contribution in [0, 0.1) is 0 Å². The maximum Gasteiger partial charge on any atom is 0.252 e. The Morgan fingerprint density at radius 2 is 2.16 bits per heavy atom. The highest BCUT2D eigenvalue weighted by Crippen LogP contribution is 2.28. The Hall–Kier alpha value is -0.630. The van der Waals surface area contributed by atoms with E-state index in [1.54, 1.807) is 15.8 Å². The van der Waals surface area contributed by atoms with E-state index in [4.69, 9.17) is 5.73 Å². The number of hydrogen-bond acceptors (Lipinski definition) is 5. The molecule has 0 radical (unpaired) electrons. The summed E-state index contributed by atoms with van der Waals surface area (Å²) in [6.07, 6.45) is 0.905. The summed E-state index contributed by atoms with van der Waals surface area (Å²) in [5, 5.41) is 1.67. The molecule has 2 rings (SSSR count). The van der Waals surface area contributed by atoms with Crippen LogP contribution in [0.5, 0.6) is 0 Å². The molecule has 1 unspecified atom stereocenters. The van der Waals surface area contributed by atoms with E-state index in [9.17, 15) is 8.42 Å². The molecule has 1 aromatic heterocycles. The number of nitrogens with zero attached hydrogens (tertiary/aromatic N) is 2. The molecule has 1 atom stereocenters. The molecule has 1 fully saturated rings. The topological polar surface area (TPSA) is 66.6 Å². The Morgan fingerprint density at radius 3 is 2.68 bits per heavy atom. The fourth-order valence-corrected chi connectivity index (χ4v) is 5.28. The number of likely N-dealkylation sites (N-methyl/N-ethyl adjacent to an activating group) is 1. The molecule has 2 heterocycles. The normalized spacial score (nSPS) is 21.3. The first-order chi connectivity index (χ1) is 8.98. The predicted octanol–water partition coefficient (Wildman–Crippen LogP) is 1.44. The lowest BCUT2D eigenvalue weighted by Gasteiger charge is -2.25. The fourth-order valence-electron chi connectivity index (χ4n) is 2.56. The Kier molecular flexibility index (Phi) is 4.50. The third-order valence-electron chi connectivity index (χ3n) is 3.64. The molecule has 0 spiro atoms. The highest BCUT2D eigenvalue weighted by atomic mass is 32.2. The van der Waals surface area contributed by atoms with Gasteiger partial charge in [-0.15, -0.1) is 11.3 Å². The van der Waals surface area contributed by atoms with Gasteiger partial charge in [-0.05, 0) is 25.6 Å². The maximum absolute atomic E-state index is 12.5. The van der Waals surface area contributed by atoms with Crippen molar-refractivity contribution >= 4 is 27.0 Å². The Bertz CT molecular complexity index is 523. The quantitative estimate of drug-likeness (QED) is 0.894. The average molecular weight is 303 g/mol. The van der Waals surface area contributed by atoms with Crippen LogP contribution in [-0.2, 0) is 10.0 Å². The van der Waals surface area contributed by atoms with Crippen molar-refractivity contribution in [2.24, 2.45) is 0 Å². The van der Waals surface area contributed by atoms with E-state index in [0.717, 1.165) is 19.5 Å². The number of nitrogen functional groups attached to an aromatic ring is 1. The van der Waals surface area contributed by atoms with Crippen molar-refractivity contribution in [2.45, 2.75) is 30.5 Å². The van der Waals surface area contributed by atoms with Gasteiger partial charge in [0, 0.05) is 30.2 Å². The summed E-state index contributed by atoms with van der Waals surface area (Å²) in [7, 11) is -3.36. The Labute approximate surface area is 119 Å². The van der Waals surface area contributed by atoms with Crippen LogP contribution in [0.25, 0.3) is 0 Å². The molecular formula is C12H21N3O2S2. The molecule has 0 aliphatic carbocycles. The number of hydrogen-bond donors (Lipinski definition) is 1. The summed E-state index contributed by atoms with van der Waals surface area (Å²) in [5.41, 5.74) is 6.13. The van der Waals surface area contributed by atoms with Crippen LogP contribution in [0.1, 0.15) is 20.3 Å². The molecule has 19 heavy (non-hydrogen) atoms. The van der Waals surface area contributed by atoms with Crippen molar-refractivity contribution in [3.8, 4) is 0 Å². The van der Waals surface area contributed by atoms with Gasteiger partial charge < -0.3 is 5.73 Å². The first-order valence-electron chi connectivity index (χ1n) is 6.57. The van der Waals surface area contributed by atoms with Gasteiger partial charge in [-0.3, -0.25) is 4.90 Å². The van der Waals surface area contributed by atoms with Crippen molar-refractivity contribution in [2.75, 3.05) is 31.9 Å². The molecular weight excluding hydrogens is 282 g/mol. The minimum absolute atomic E-state index is 0.335. The lowest BCUT2D eigenvalue weighted by molar-refractivity contribution is 0.225. The average Bonchev–Trinajstić information content (AvgIpc) is 3.00. The zero-order valence-corrected chi connectivity index (χ0v) is 13.0. The number of thiophene rings is 1. The predicted molar refractivity (Wildman–Crippen MR) is 78.8 cm³/mol. The molecule has 0 saturated carbocycles. The van der Waals surface area contributed by atoms with Crippen LogP contribution in [0.3, 0.4) is 0 Å². The SMILES string of the molecule is CCN(CC)C1CCN(S(=O)(=O)c2cc(N)cs2)C1. The summed E-state index contributed by atoms with van der Waals surface area (Å²) in [6.45, 7) is 7.33. The smallest absolute Gasteiger partial charge is 0.252 e. The third kappa shape index (κ3) is 2.94. The summed E-state index contributed by atoms with van der Waals surface area (Å²) in [5.74, 6) is 0. The van der Waals surface area contributed by atoms with Gasteiger partial charge >= 0.3 is 0 Å². The molecule has 2 N–H and O–H groups in total. The second kappa shape index (κ2) is 5.78. The van der Waals surface area contributed by atoms with Crippen molar-refractivity contribution < 1.29 is 8.42 Å². The maximum atomic E-state index is 12.5. The minimum Gasteiger partial charge on any atom is -0.398 e. The van der Waals surface area contributed by atoms with E-state index in [2.05, 4.69) is 18.7 Å². The lowest BCUT2D eigenvalue weighted by atomic mass is 10.2. The minimum atomic E-state index is -3.36.